The molecule has 0 bridgehead atoms. The van der Waals surface area contributed by atoms with Gasteiger partial charge in [0.2, 0.25) is 5.91 Å². The van der Waals surface area contributed by atoms with E-state index in [4.69, 9.17) is 4.74 Å². The topological polar surface area (TPSA) is 67.4 Å². The van der Waals surface area contributed by atoms with E-state index < -0.39 is 0 Å². The second-order valence-corrected chi connectivity index (χ2v) is 6.25. The number of nitrogens with one attached hydrogen (secondary N) is 2. The zero-order chi connectivity index (χ0) is 14.8. The van der Waals surface area contributed by atoms with E-state index in [9.17, 15) is 9.59 Å². The molecule has 2 amide bonds. The van der Waals surface area contributed by atoms with Gasteiger partial charge in [0.05, 0.1) is 18.1 Å². The summed E-state index contributed by atoms with van der Waals surface area (Å²) in [6.07, 6.45) is 3.63. The zero-order valence-corrected chi connectivity index (χ0v) is 13.2. The average Bonchev–Trinajstić information content (AvgIpc) is 3.05. The standard InChI is InChI=1S/C15H17BrN2O3/c16-12-8-13-9(7-14(19)18-13)6-11(12)15(20)17-4-3-10-2-1-5-21-10/h6,8,10H,1-5,7H2,(H,17,20)(H,18,19). The Hall–Kier alpha value is -1.40. The van der Waals surface area contributed by atoms with Crippen LogP contribution < -0.4 is 10.6 Å². The molecule has 1 aromatic rings. The third-order valence-corrected chi connectivity index (χ3v) is 4.49. The molecular formula is C15H17BrN2O3. The Bertz CT molecular complexity index is 583. The summed E-state index contributed by atoms with van der Waals surface area (Å²) < 4.78 is 6.22. The minimum atomic E-state index is -0.123. The first kappa shape index (κ1) is 14.5. The first-order valence-corrected chi connectivity index (χ1v) is 7.95. The smallest absolute Gasteiger partial charge is 0.252 e. The molecule has 0 spiro atoms. The molecule has 1 unspecified atom stereocenters. The first-order valence-electron chi connectivity index (χ1n) is 7.15. The van der Waals surface area contributed by atoms with E-state index >= 15 is 0 Å². The van der Waals surface area contributed by atoms with Crippen molar-refractivity contribution in [3.63, 3.8) is 0 Å². The van der Waals surface area contributed by atoms with Crippen molar-refractivity contribution in [2.45, 2.75) is 31.8 Å². The van der Waals surface area contributed by atoms with E-state index in [1.54, 1.807) is 12.1 Å². The van der Waals surface area contributed by atoms with Crippen molar-refractivity contribution in [3.8, 4) is 0 Å². The highest BCUT2D eigenvalue weighted by Gasteiger charge is 2.22. The van der Waals surface area contributed by atoms with Crippen molar-refractivity contribution < 1.29 is 14.3 Å². The van der Waals surface area contributed by atoms with E-state index in [0.717, 1.165) is 37.1 Å². The van der Waals surface area contributed by atoms with Crippen LogP contribution in [0.15, 0.2) is 16.6 Å². The highest BCUT2D eigenvalue weighted by Crippen LogP contribution is 2.30. The van der Waals surface area contributed by atoms with E-state index in [-0.39, 0.29) is 17.9 Å². The monoisotopic (exact) mass is 352 g/mol. The largest absolute Gasteiger partial charge is 0.378 e. The fourth-order valence-electron chi connectivity index (χ4n) is 2.74. The Balaban J connectivity index is 1.62. The first-order chi connectivity index (χ1) is 10.1. The van der Waals surface area contributed by atoms with Crippen molar-refractivity contribution >= 4 is 33.4 Å². The molecule has 112 valence electrons. The molecule has 0 aliphatic carbocycles. The maximum absolute atomic E-state index is 12.2. The Kier molecular flexibility index (Phi) is 4.26. The molecule has 2 aliphatic rings. The van der Waals surface area contributed by atoms with Gasteiger partial charge in [-0.2, -0.15) is 0 Å². The predicted octanol–water partition coefficient (Wildman–Crippen LogP) is 2.24. The summed E-state index contributed by atoms with van der Waals surface area (Å²) in [5.41, 5.74) is 2.22. The molecule has 3 rings (SSSR count). The van der Waals surface area contributed by atoms with Crippen LogP contribution in [0, 0.1) is 0 Å². The predicted molar refractivity (Wildman–Crippen MR) is 82.4 cm³/mol. The van der Waals surface area contributed by atoms with Crippen molar-refractivity contribution in [2.24, 2.45) is 0 Å². The lowest BCUT2D eigenvalue weighted by molar-refractivity contribution is -0.115. The molecule has 0 saturated carbocycles. The van der Waals surface area contributed by atoms with E-state index in [0.29, 0.717) is 23.0 Å². The summed E-state index contributed by atoms with van der Waals surface area (Å²) in [6.45, 7) is 1.43. The van der Waals surface area contributed by atoms with Crippen LogP contribution in [0.1, 0.15) is 35.2 Å². The normalized spacial score (nSPS) is 20.2. The second kappa shape index (κ2) is 6.15. The Morgan fingerprint density at radius 3 is 3.10 bits per heavy atom. The Morgan fingerprint density at radius 2 is 2.33 bits per heavy atom. The van der Waals surface area contributed by atoms with Gasteiger partial charge in [-0.3, -0.25) is 9.59 Å². The van der Waals surface area contributed by atoms with Gasteiger partial charge in [-0.05, 0) is 52.9 Å². The molecule has 2 heterocycles. The number of benzene rings is 1. The molecule has 5 nitrogen and oxygen atoms in total. The number of hydrogen-bond donors (Lipinski definition) is 2. The fraction of sp³-hybridized carbons (Fsp3) is 0.467. The molecule has 1 saturated heterocycles. The van der Waals surface area contributed by atoms with Gasteiger partial charge in [0.1, 0.15) is 0 Å². The third kappa shape index (κ3) is 3.27. The van der Waals surface area contributed by atoms with Gasteiger partial charge in [0.15, 0.2) is 0 Å². The molecular weight excluding hydrogens is 336 g/mol. The van der Waals surface area contributed by atoms with Gasteiger partial charge >= 0.3 is 0 Å². The zero-order valence-electron chi connectivity index (χ0n) is 11.6. The lowest BCUT2D eigenvalue weighted by Crippen LogP contribution is -2.27. The quantitative estimate of drug-likeness (QED) is 0.873. The number of fused-ring (bicyclic) bond motifs is 1. The minimum Gasteiger partial charge on any atom is -0.378 e. The number of carbonyl (C=O) groups excluding carboxylic acids is 2. The summed E-state index contributed by atoms with van der Waals surface area (Å²) in [7, 11) is 0. The van der Waals surface area contributed by atoms with Crippen LogP contribution in [-0.2, 0) is 16.0 Å². The van der Waals surface area contributed by atoms with Crippen molar-refractivity contribution in [1.29, 1.82) is 0 Å². The summed E-state index contributed by atoms with van der Waals surface area (Å²) in [5.74, 6) is -0.158. The maximum atomic E-state index is 12.2. The summed E-state index contributed by atoms with van der Waals surface area (Å²) >= 11 is 3.39. The van der Waals surface area contributed by atoms with Gasteiger partial charge < -0.3 is 15.4 Å². The van der Waals surface area contributed by atoms with E-state index in [1.165, 1.54) is 0 Å². The Labute approximate surface area is 131 Å². The number of anilines is 1. The molecule has 2 N–H and O–H groups in total. The fourth-order valence-corrected chi connectivity index (χ4v) is 3.26. The third-order valence-electron chi connectivity index (χ3n) is 3.84. The summed E-state index contributed by atoms with van der Waals surface area (Å²) in [6, 6.07) is 3.56. The number of halogens is 1. The molecule has 1 atom stereocenters. The SMILES string of the molecule is O=C1Cc2cc(C(=O)NCCC3CCCO3)c(Br)cc2N1. The highest BCUT2D eigenvalue weighted by atomic mass is 79.9. The van der Waals surface area contributed by atoms with Crippen LogP contribution in [0.2, 0.25) is 0 Å². The molecule has 0 aromatic heterocycles. The van der Waals surface area contributed by atoms with Crippen LogP contribution in [0.3, 0.4) is 0 Å². The van der Waals surface area contributed by atoms with Crippen LogP contribution in [0.4, 0.5) is 5.69 Å². The van der Waals surface area contributed by atoms with Gasteiger partial charge in [0, 0.05) is 23.3 Å². The number of ether oxygens (including phenoxy) is 1. The highest BCUT2D eigenvalue weighted by molar-refractivity contribution is 9.10. The van der Waals surface area contributed by atoms with Crippen LogP contribution in [0.5, 0.6) is 0 Å². The Morgan fingerprint density at radius 1 is 1.48 bits per heavy atom. The van der Waals surface area contributed by atoms with E-state index in [1.807, 2.05) is 0 Å². The lowest BCUT2D eigenvalue weighted by atomic mass is 10.1. The summed E-state index contributed by atoms with van der Waals surface area (Å²) in [4.78, 5) is 23.6. The van der Waals surface area contributed by atoms with E-state index in [2.05, 4.69) is 26.6 Å². The van der Waals surface area contributed by atoms with Crippen LogP contribution >= 0.6 is 15.9 Å². The average molecular weight is 353 g/mol. The number of amides is 2. The molecule has 21 heavy (non-hydrogen) atoms. The van der Waals surface area contributed by atoms with Gasteiger partial charge in [-0.15, -0.1) is 0 Å². The maximum Gasteiger partial charge on any atom is 0.252 e. The van der Waals surface area contributed by atoms with Gasteiger partial charge in [-0.25, -0.2) is 0 Å². The lowest BCUT2D eigenvalue weighted by Gasteiger charge is -2.11. The summed E-state index contributed by atoms with van der Waals surface area (Å²) in [5, 5.41) is 5.68. The van der Waals surface area contributed by atoms with Gasteiger partial charge in [-0.1, -0.05) is 0 Å². The van der Waals surface area contributed by atoms with Crippen molar-refractivity contribution in [1.82, 2.24) is 5.32 Å². The second-order valence-electron chi connectivity index (χ2n) is 5.39. The molecule has 1 aromatic carbocycles. The molecule has 1 fully saturated rings. The van der Waals surface area contributed by atoms with Gasteiger partial charge in [0.25, 0.3) is 5.91 Å². The number of rotatable bonds is 4. The number of carbonyl (C=O) groups is 2. The van der Waals surface area contributed by atoms with Crippen molar-refractivity contribution in [3.05, 3.63) is 27.7 Å². The van der Waals surface area contributed by atoms with Crippen molar-refractivity contribution in [2.75, 3.05) is 18.5 Å². The molecule has 2 aliphatic heterocycles. The minimum absolute atomic E-state index is 0.0344. The molecule has 6 heteroatoms. The molecule has 0 radical (unpaired) electrons. The van der Waals surface area contributed by atoms with Crippen LogP contribution in [0.25, 0.3) is 0 Å². The van der Waals surface area contributed by atoms with Crippen LogP contribution in [-0.4, -0.2) is 31.1 Å². The number of hydrogen-bond acceptors (Lipinski definition) is 3.